The molecule has 3 heterocycles. The van der Waals surface area contributed by atoms with E-state index in [1.807, 2.05) is 47.2 Å². The van der Waals surface area contributed by atoms with Gasteiger partial charge in [0.05, 0.1) is 24.7 Å². The summed E-state index contributed by atoms with van der Waals surface area (Å²) in [5, 5.41) is 18.2. The van der Waals surface area contributed by atoms with Crippen molar-refractivity contribution in [2.75, 3.05) is 0 Å². The number of nitrogens with zero attached hydrogens (tertiary/aromatic N) is 4. The molecule has 130 valence electrons. The standard InChI is InChI=1S/C19H16N4O3/c24-15(5-6-19(25)26)12-22-9-7-13-3-4-14(10-18(13)22)16-11-21-23-17(16)2-1-8-20-23/h1-4,7-11H,5-6,12H2,(H,25,26). The Labute approximate surface area is 148 Å². The van der Waals surface area contributed by atoms with Crippen LogP contribution in [0.15, 0.2) is 55.0 Å². The first kappa shape index (κ1) is 16.0. The minimum Gasteiger partial charge on any atom is -0.481 e. The average Bonchev–Trinajstić information content (AvgIpc) is 3.24. The molecule has 7 nitrogen and oxygen atoms in total. The Hall–Kier alpha value is -3.48. The minimum atomic E-state index is -0.959. The van der Waals surface area contributed by atoms with E-state index in [4.69, 9.17) is 5.11 Å². The Bertz CT molecular complexity index is 1130. The van der Waals surface area contributed by atoms with E-state index in [0.717, 1.165) is 27.5 Å². The molecular formula is C19H16N4O3. The molecule has 0 aliphatic carbocycles. The van der Waals surface area contributed by atoms with Gasteiger partial charge in [0.2, 0.25) is 0 Å². The summed E-state index contributed by atoms with van der Waals surface area (Å²) in [6, 6.07) is 11.8. The van der Waals surface area contributed by atoms with Gasteiger partial charge in [-0.25, -0.2) is 0 Å². The van der Waals surface area contributed by atoms with Crippen LogP contribution in [0.1, 0.15) is 12.8 Å². The lowest BCUT2D eigenvalue weighted by Gasteiger charge is -2.06. The molecule has 0 amide bonds. The van der Waals surface area contributed by atoms with Crippen LogP contribution in [0.25, 0.3) is 27.5 Å². The minimum absolute atomic E-state index is 0.0361. The van der Waals surface area contributed by atoms with E-state index in [9.17, 15) is 9.59 Å². The third kappa shape index (κ3) is 2.95. The molecule has 0 bridgehead atoms. The first-order valence-electron chi connectivity index (χ1n) is 8.23. The summed E-state index contributed by atoms with van der Waals surface area (Å²) in [6.45, 7) is 0.163. The summed E-state index contributed by atoms with van der Waals surface area (Å²) >= 11 is 0. The maximum atomic E-state index is 12.0. The number of carboxylic acids is 1. The molecule has 0 saturated heterocycles. The zero-order valence-electron chi connectivity index (χ0n) is 13.9. The number of Topliss-reactive ketones (excluding diaryl/α,β-unsaturated/α-hetero) is 1. The van der Waals surface area contributed by atoms with Gasteiger partial charge < -0.3 is 9.67 Å². The molecule has 0 atom stereocenters. The van der Waals surface area contributed by atoms with Gasteiger partial charge in [-0.15, -0.1) is 0 Å². The van der Waals surface area contributed by atoms with Crippen molar-refractivity contribution in [3.63, 3.8) is 0 Å². The van der Waals surface area contributed by atoms with Crippen LogP contribution in [0.3, 0.4) is 0 Å². The summed E-state index contributed by atoms with van der Waals surface area (Å²) in [6.07, 6.45) is 5.20. The summed E-state index contributed by atoms with van der Waals surface area (Å²) in [5.41, 5.74) is 3.78. The first-order chi connectivity index (χ1) is 12.6. The van der Waals surface area contributed by atoms with Gasteiger partial charge in [-0.05, 0) is 35.2 Å². The number of ketones is 1. The Balaban J connectivity index is 1.68. The zero-order valence-corrected chi connectivity index (χ0v) is 13.9. The average molecular weight is 348 g/mol. The van der Waals surface area contributed by atoms with Crippen molar-refractivity contribution in [3.05, 3.63) is 55.0 Å². The van der Waals surface area contributed by atoms with E-state index in [0.29, 0.717) is 0 Å². The van der Waals surface area contributed by atoms with Crippen LogP contribution >= 0.6 is 0 Å². The van der Waals surface area contributed by atoms with Crippen LogP contribution in [0.4, 0.5) is 0 Å². The molecule has 0 aliphatic heterocycles. The quantitative estimate of drug-likeness (QED) is 0.579. The molecule has 3 aromatic heterocycles. The number of hydrogen-bond acceptors (Lipinski definition) is 4. The normalized spacial score (nSPS) is 11.2. The van der Waals surface area contributed by atoms with Gasteiger partial charge in [0.25, 0.3) is 0 Å². The summed E-state index contributed by atoms with van der Waals surface area (Å²) in [7, 11) is 0. The predicted molar refractivity (Wildman–Crippen MR) is 95.8 cm³/mol. The topological polar surface area (TPSA) is 89.5 Å². The fraction of sp³-hybridized carbons (Fsp3) is 0.158. The number of carbonyl (C=O) groups excluding carboxylic acids is 1. The van der Waals surface area contributed by atoms with Gasteiger partial charge in [0.1, 0.15) is 0 Å². The summed E-state index contributed by atoms with van der Waals surface area (Å²) < 4.78 is 3.43. The number of aliphatic carboxylic acids is 1. The van der Waals surface area contributed by atoms with Gasteiger partial charge in [-0.3, -0.25) is 9.59 Å². The molecule has 0 saturated carbocycles. The Morgan fingerprint density at radius 2 is 1.92 bits per heavy atom. The molecule has 0 spiro atoms. The molecule has 4 aromatic rings. The van der Waals surface area contributed by atoms with Crippen molar-refractivity contribution in [1.82, 2.24) is 19.4 Å². The third-order valence-corrected chi connectivity index (χ3v) is 4.35. The van der Waals surface area contributed by atoms with Crippen molar-refractivity contribution >= 4 is 28.2 Å². The lowest BCUT2D eigenvalue weighted by atomic mass is 10.1. The largest absolute Gasteiger partial charge is 0.481 e. The molecule has 26 heavy (non-hydrogen) atoms. The van der Waals surface area contributed by atoms with Crippen molar-refractivity contribution in [3.8, 4) is 11.1 Å². The van der Waals surface area contributed by atoms with Crippen molar-refractivity contribution in [2.45, 2.75) is 19.4 Å². The molecule has 0 unspecified atom stereocenters. The molecule has 0 aliphatic rings. The first-order valence-corrected chi connectivity index (χ1v) is 8.23. The van der Waals surface area contributed by atoms with E-state index in [1.54, 1.807) is 17.0 Å². The number of carboxylic acid groups (broad SMARTS) is 1. The second-order valence-electron chi connectivity index (χ2n) is 6.11. The number of hydrogen-bond donors (Lipinski definition) is 1. The molecule has 1 aromatic carbocycles. The van der Waals surface area contributed by atoms with Gasteiger partial charge in [-0.2, -0.15) is 14.8 Å². The second kappa shape index (κ2) is 6.44. The van der Waals surface area contributed by atoms with Crippen molar-refractivity contribution in [1.29, 1.82) is 0 Å². The molecular weight excluding hydrogens is 332 g/mol. The van der Waals surface area contributed by atoms with Gasteiger partial charge in [-0.1, -0.05) is 12.1 Å². The predicted octanol–water partition coefficient (Wildman–Crippen LogP) is 2.78. The van der Waals surface area contributed by atoms with Crippen molar-refractivity contribution < 1.29 is 14.7 Å². The maximum absolute atomic E-state index is 12.0. The molecule has 1 N–H and O–H groups in total. The van der Waals surface area contributed by atoms with E-state index >= 15 is 0 Å². The van der Waals surface area contributed by atoms with E-state index in [-0.39, 0.29) is 25.2 Å². The highest BCUT2D eigenvalue weighted by atomic mass is 16.4. The van der Waals surface area contributed by atoms with Crippen molar-refractivity contribution in [2.24, 2.45) is 0 Å². The highest BCUT2D eigenvalue weighted by molar-refractivity contribution is 5.90. The molecule has 0 radical (unpaired) electrons. The smallest absolute Gasteiger partial charge is 0.303 e. The SMILES string of the molecule is O=C(O)CCC(=O)Cn1ccc2ccc(-c3cnn4ncccc34)cc21. The van der Waals surface area contributed by atoms with Crippen LogP contribution in [-0.2, 0) is 16.1 Å². The Morgan fingerprint density at radius 3 is 2.77 bits per heavy atom. The number of carbonyl (C=O) groups is 2. The molecule has 0 fully saturated rings. The molecule has 7 heteroatoms. The number of aromatic nitrogens is 4. The lowest BCUT2D eigenvalue weighted by Crippen LogP contribution is -2.10. The van der Waals surface area contributed by atoms with Crippen LogP contribution in [-0.4, -0.2) is 36.3 Å². The number of benzene rings is 1. The highest BCUT2D eigenvalue weighted by Gasteiger charge is 2.11. The lowest BCUT2D eigenvalue weighted by molar-refractivity contribution is -0.138. The summed E-state index contributed by atoms with van der Waals surface area (Å²) in [4.78, 5) is 22.7. The Kier molecular flexibility index (Phi) is 3.96. The zero-order chi connectivity index (χ0) is 18.1. The second-order valence-corrected chi connectivity index (χ2v) is 6.11. The highest BCUT2D eigenvalue weighted by Crippen LogP contribution is 2.28. The van der Waals surface area contributed by atoms with E-state index in [2.05, 4.69) is 10.2 Å². The maximum Gasteiger partial charge on any atom is 0.303 e. The van der Waals surface area contributed by atoms with Gasteiger partial charge in [0.15, 0.2) is 5.78 Å². The van der Waals surface area contributed by atoms with E-state index < -0.39 is 5.97 Å². The molecule has 4 rings (SSSR count). The summed E-state index contributed by atoms with van der Waals surface area (Å²) in [5.74, 6) is -1.06. The van der Waals surface area contributed by atoms with Crippen LogP contribution in [0.5, 0.6) is 0 Å². The van der Waals surface area contributed by atoms with Crippen LogP contribution in [0.2, 0.25) is 0 Å². The number of fused-ring (bicyclic) bond motifs is 2. The fourth-order valence-electron chi connectivity index (χ4n) is 3.06. The van der Waals surface area contributed by atoms with Crippen LogP contribution in [0, 0.1) is 0 Å². The monoisotopic (exact) mass is 348 g/mol. The fourth-order valence-corrected chi connectivity index (χ4v) is 3.06. The number of rotatable bonds is 6. The third-order valence-electron chi connectivity index (χ3n) is 4.35. The van der Waals surface area contributed by atoms with E-state index in [1.165, 1.54) is 0 Å². The van der Waals surface area contributed by atoms with Gasteiger partial charge in [0, 0.05) is 29.9 Å². The van der Waals surface area contributed by atoms with Gasteiger partial charge >= 0.3 is 5.97 Å². The Morgan fingerprint density at radius 1 is 1.04 bits per heavy atom. The van der Waals surface area contributed by atoms with Crippen LogP contribution < -0.4 is 0 Å².